The van der Waals surface area contributed by atoms with Crippen LogP contribution in [0.3, 0.4) is 0 Å². The van der Waals surface area contributed by atoms with Crippen molar-refractivity contribution in [3.8, 4) is 5.95 Å². The Kier molecular flexibility index (Phi) is 4.56. The van der Waals surface area contributed by atoms with E-state index in [4.69, 9.17) is 0 Å². The number of carbonyl (C=O) groups excluding carboxylic acids is 1. The topological polar surface area (TPSA) is 72.7 Å². The number of carbonyl (C=O) groups is 1. The zero-order valence-corrected chi connectivity index (χ0v) is 14.2. The monoisotopic (exact) mass is 339 g/mol. The van der Waals surface area contributed by atoms with Crippen LogP contribution in [0.4, 0.5) is 10.2 Å². The molecule has 1 amide bonds. The molecule has 25 heavy (non-hydrogen) atoms. The number of hydrogen-bond donors (Lipinski definition) is 1. The first-order valence-corrected chi connectivity index (χ1v) is 7.84. The van der Waals surface area contributed by atoms with Gasteiger partial charge < -0.3 is 5.32 Å². The van der Waals surface area contributed by atoms with Crippen LogP contribution in [0.5, 0.6) is 0 Å². The number of halogens is 1. The van der Waals surface area contributed by atoms with Crippen LogP contribution >= 0.6 is 0 Å². The standard InChI is InChI=1S/C18H18FN5O/c1-11-7-12(2)21-18(20-11)24-16(8-13(3)23-24)22-17(25)10-14-5-4-6-15(19)9-14/h4-9H,10H2,1-3H3,(H,22,25). The van der Waals surface area contributed by atoms with Crippen molar-refractivity contribution >= 4 is 11.7 Å². The van der Waals surface area contributed by atoms with Crippen LogP contribution in [0.2, 0.25) is 0 Å². The van der Waals surface area contributed by atoms with Crippen molar-refractivity contribution < 1.29 is 9.18 Å². The normalized spacial score (nSPS) is 10.7. The van der Waals surface area contributed by atoms with Crippen LogP contribution in [0.25, 0.3) is 5.95 Å². The SMILES string of the molecule is Cc1cc(C)nc(-n2nc(C)cc2NC(=O)Cc2cccc(F)c2)n1. The van der Waals surface area contributed by atoms with Gasteiger partial charge in [-0.25, -0.2) is 14.4 Å². The molecule has 0 aliphatic rings. The third kappa shape index (κ3) is 4.06. The van der Waals surface area contributed by atoms with Crippen molar-refractivity contribution in [3.63, 3.8) is 0 Å². The summed E-state index contributed by atoms with van der Waals surface area (Å²) >= 11 is 0. The fourth-order valence-corrected chi connectivity index (χ4v) is 2.56. The first-order valence-electron chi connectivity index (χ1n) is 7.84. The zero-order valence-electron chi connectivity index (χ0n) is 14.2. The minimum absolute atomic E-state index is 0.0652. The minimum atomic E-state index is -0.366. The van der Waals surface area contributed by atoms with E-state index < -0.39 is 0 Å². The molecule has 0 aliphatic carbocycles. The summed E-state index contributed by atoms with van der Waals surface area (Å²) in [6.07, 6.45) is 0.0652. The van der Waals surface area contributed by atoms with Gasteiger partial charge in [-0.2, -0.15) is 9.78 Å². The highest BCUT2D eigenvalue weighted by atomic mass is 19.1. The largest absolute Gasteiger partial charge is 0.310 e. The molecule has 6 nitrogen and oxygen atoms in total. The number of aromatic nitrogens is 4. The summed E-state index contributed by atoms with van der Waals surface area (Å²) in [6.45, 7) is 5.56. The Morgan fingerprint density at radius 3 is 2.48 bits per heavy atom. The lowest BCUT2D eigenvalue weighted by atomic mass is 10.1. The summed E-state index contributed by atoms with van der Waals surface area (Å²) in [5, 5.41) is 7.15. The van der Waals surface area contributed by atoms with Crippen molar-refractivity contribution in [2.75, 3.05) is 5.32 Å². The zero-order chi connectivity index (χ0) is 18.0. The molecule has 1 N–H and O–H groups in total. The minimum Gasteiger partial charge on any atom is -0.310 e. The predicted molar refractivity (Wildman–Crippen MR) is 92.1 cm³/mol. The predicted octanol–water partition coefficient (Wildman–Crippen LogP) is 2.91. The fraction of sp³-hybridized carbons (Fsp3) is 0.222. The summed E-state index contributed by atoms with van der Waals surface area (Å²) in [4.78, 5) is 21.0. The lowest BCUT2D eigenvalue weighted by Gasteiger charge is -2.09. The van der Waals surface area contributed by atoms with Crippen LogP contribution in [0.1, 0.15) is 22.6 Å². The Labute approximate surface area is 144 Å². The average Bonchev–Trinajstić information content (AvgIpc) is 2.86. The summed E-state index contributed by atoms with van der Waals surface area (Å²) in [6, 6.07) is 9.58. The lowest BCUT2D eigenvalue weighted by molar-refractivity contribution is -0.115. The Morgan fingerprint density at radius 2 is 1.80 bits per heavy atom. The van der Waals surface area contributed by atoms with Crippen molar-refractivity contribution in [3.05, 3.63) is 64.9 Å². The molecule has 128 valence electrons. The van der Waals surface area contributed by atoms with Crippen molar-refractivity contribution in [2.45, 2.75) is 27.2 Å². The van der Waals surface area contributed by atoms with Gasteiger partial charge in [-0.05, 0) is 44.5 Å². The molecule has 0 radical (unpaired) electrons. The smallest absolute Gasteiger partial charge is 0.252 e. The van der Waals surface area contributed by atoms with Crippen molar-refractivity contribution in [1.29, 1.82) is 0 Å². The summed E-state index contributed by atoms with van der Waals surface area (Å²) < 4.78 is 14.7. The van der Waals surface area contributed by atoms with E-state index in [0.29, 0.717) is 17.3 Å². The molecule has 0 unspecified atom stereocenters. The molecule has 0 aliphatic heterocycles. The number of benzene rings is 1. The third-order valence-corrected chi connectivity index (χ3v) is 3.51. The highest BCUT2D eigenvalue weighted by Crippen LogP contribution is 2.16. The molecule has 0 saturated heterocycles. The second-order valence-electron chi connectivity index (χ2n) is 5.89. The number of amides is 1. The number of nitrogens with zero attached hydrogens (tertiary/aromatic N) is 4. The number of anilines is 1. The Balaban J connectivity index is 1.84. The van der Waals surface area contributed by atoms with E-state index in [2.05, 4.69) is 20.4 Å². The van der Waals surface area contributed by atoms with E-state index in [1.54, 1.807) is 18.2 Å². The molecular formula is C18H18FN5O. The molecule has 3 rings (SSSR count). The van der Waals surface area contributed by atoms with E-state index in [1.165, 1.54) is 16.8 Å². The second-order valence-corrected chi connectivity index (χ2v) is 5.89. The van der Waals surface area contributed by atoms with Gasteiger partial charge in [0.15, 0.2) is 0 Å². The van der Waals surface area contributed by atoms with Crippen LogP contribution in [-0.4, -0.2) is 25.7 Å². The van der Waals surface area contributed by atoms with E-state index in [-0.39, 0.29) is 18.1 Å². The summed E-state index contributed by atoms with van der Waals surface area (Å²) in [5.74, 6) is 0.238. The van der Waals surface area contributed by atoms with Crippen LogP contribution in [0, 0.1) is 26.6 Å². The molecular weight excluding hydrogens is 321 g/mol. The Morgan fingerprint density at radius 1 is 1.08 bits per heavy atom. The van der Waals surface area contributed by atoms with Gasteiger partial charge in [0.1, 0.15) is 11.6 Å². The van der Waals surface area contributed by atoms with Gasteiger partial charge in [-0.1, -0.05) is 12.1 Å². The quantitative estimate of drug-likeness (QED) is 0.793. The van der Waals surface area contributed by atoms with Gasteiger partial charge in [0.05, 0.1) is 12.1 Å². The highest BCUT2D eigenvalue weighted by molar-refractivity contribution is 5.91. The van der Waals surface area contributed by atoms with Gasteiger partial charge in [0.2, 0.25) is 5.91 Å². The van der Waals surface area contributed by atoms with E-state index in [0.717, 1.165) is 17.1 Å². The highest BCUT2D eigenvalue weighted by Gasteiger charge is 2.14. The number of nitrogens with one attached hydrogen (secondary N) is 1. The molecule has 0 saturated carbocycles. The Bertz CT molecular complexity index is 915. The van der Waals surface area contributed by atoms with Crippen LogP contribution in [-0.2, 0) is 11.2 Å². The molecule has 0 atom stereocenters. The first kappa shape index (κ1) is 16.8. The van der Waals surface area contributed by atoms with E-state index >= 15 is 0 Å². The number of hydrogen-bond acceptors (Lipinski definition) is 4. The average molecular weight is 339 g/mol. The fourth-order valence-electron chi connectivity index (χ4n) is 2.56. The molecule has 1 aromatic carbocycles. The van der Waals surface area contributed by atoms with Crippen molar-refractivity contribution in [1.82, 2.24) is 19.7 Å². The van der Waals surface area contributed by atoms with E-state index in [1.807, 2.05) is 26.8 Å². The molecule has 0 bridgehead atoms. The molecule has 2 aromatic heterocycles. The summed E-state index contributed by atoms with van der Waals surface area (Å²) in [7, 11) is 0. The molecule has 0 spiro atoms. The van der Waals surface area contributed by atoms with Crippen LogP contribution < -0.4 is 5.32 Å². The Hall–Kier alpha value is -3.09. The van der Waals surface area contributed by atoms with Crippen LogP contribution in [0.15, 0.2) is 36.4 Å². The number of rotatable bonds is 4. The van der Waals surface area contributed by atoms with Crippen molar-refractivity contribution in [2.24, 2.45) is 0 Å². The lowest BCUT2D eigenvalue weighted by Crippen LogP contribution is -2.18. The maximum atomic E-state index is 13.2. The van der Waals surface area contributed by atoms with Gasteiger partial charge in [0.25, 0.3) is 5.95 Å². The van der Waals surface area contributed by atoms with Gasteiger partial charge in [-0.15, -0.1) is 0 Å². The van der Waals surface area contributed by atoms with E-state index in [9.17, 15) is 9.18 Å². The second kappa shape index (κ2) is 6.80. The van der Waals surface area contributed by atoms with Gasteiger partial charge in [0, 0.05) is 17.5 Å². The maximum absolute atomic E-state index is 13.2. The third-order valence-electron chi connectivity index (χ3n) is 3.51. The van der Waals surface area contributed by atoms with Gasteiger partial charge >= 0.3 is 0 Å². The maximum Gasteiger partial charge on any atom is 0.252 e. The molecule has 3 aromatic rings. The first-order chi connectivity index (χ1) is 11.9. The molecule has 7 heteroatoms. The molecule has 0 fully saturated rings. The van der Waals surface area contributed by atoms with Gasteiger partial charge in [-0.3, -0.25) is 4.79 Å². The molecule has 2 heterocycles. The number of aryl methyl sites for hydroxylation is 3. The summed E-state index contributed by atoms with van der Waals surface area (Å²) in [5.41, 5.74) is 2.95.